The lowest BCUT2D eigenvalue weighted by molar-refractivity contribution is 0.306. The van der Waals surface area contributed by atoms with Crippen LogP contribution in [0.1, 0.15) is 28.3 Å². The van der Waals surface area contributed by atoms with Gasteiger partial charge >= 0.3 is 0 Å². The third-order valence-electron chi connectivity index (χ3n) is 4.54. The molecule has 2 N–H and O–H groups in total. The van der Waals surface area contributed by atoms with Gasteiger partial charge in [0.05, 0.1) is 20.3 Å². The molecular formula is C23H25NO3. The molecule has 140 valence electrons. The SMILES string of the molecule is COc1ccc(C(N)c2ccc(OCc3ccc(C)cc3)cc2)c(OC)c1. The van der Waals surface area contributed by atoms with Crippen molar-refractivity contribution in [2.75, 3.05) is 14.2 Å². The van der Waals surface area contributed by atoms with Gasteiger partial charge in [-0.2, -0.15) is 0 Å². The van der Waals surface area contributed by atoms with E-state index in [1.807, 2.05) is 42.5 Å². The minimum Gasteiger partial charge on any atom is -0.497 e. The Morgan fingerprint density at radius 3 is 2.11 bits per heavy atom. The summed E-state index contributed by atoms with van der Waals surface area (Å²) >= 11 is 0. The van der Waals surface area contributed by atoms with E-state index in [1.54, 1.807) is 14.2 Å². The molecule has 0 amide bonds. The molecule has 0 aliphatic heterocycles. The third-order valence-corrected chi connectivity index (χ3v) is 4.54. The van der Waals surface area contributed by atoms with Gasteiger partial charge < -0.3 is 19.9 Å². The molecule has 4 heteroatoms. The highest BCUT2D eigenvalue weighted by atomic mass is 16.5. The quantitative estimate of drug-likeness (QED) is 0.664. The summed E-state index contributed by atoms with van der Waals surface area (Å²) in [5, 5.41) is 0. The average molecular weight is 363 g/mol. The summed E-state index contributed by atoms with van der Waals surface area (Å²) in [6.45, 7) is 2.61. The van der Waals surface area contributed by atoms with Crippen LogP contribution in [0.5, 0.6) is 17.2 Å². The first-order valence-corrected chi connectivity index (χ1v) is 8.86. The van der Waals surface area contributed by atoms with Crippen molar-refractivity contribution in [1.29, 1.82) is 0 Å². The van der Waals surface area contributed by atoms with Crippen LogP contribution < -0.4 is 19.9 Å². The van der Waals surface area contributed by atoms with E-state index in [1.165, 1.54) is 5.56 Å². The molecule has 0 saturated carbocycles. The normalized spacial score (nSPS) is 11.7. The van der Waals surface area contributed by atoms with Gasteiger partial charge in [0.1, 0.15) is 23.9 Å². The van der Waals surface area contributed by atoms with Crippen LogP contribution in [-0.2, 0) is 6.61 Å². The first-order chi connectivity index (χ1) is 13.1. The Morgan fingerprint density at radius 2 is 1.48 bits per heavy atom. The van der Waals surface area contributed by atoms with Crippen LogP contribution in [0.15, 0.2) is 66.7 Å². The maximum atomic E-state index is 6.45. The molecule has 1 unspecified atom stereocenters. The highest BCUT2D eigenvalue weighted by Gasteiger charge is 2.15. The zero-order chi connectivity index (χ0) is 19.2. The van der Waals surface area contributed by atoms with Gasteiger partial charge in [-0.15, -0.1) is 0 Å². The Hall–Kier alpha value is -2.98. The molecule has 4 nitrogen and oxygen atoms in total. The monoisotopic (exact) mass is 363 g/mol. The summed E-state index contributed by atoms with van der Waals surface area (Å²) in [6.07, 6.45) is 0. The van der Waals surface area contributed by atoms with E-state index in [-0.39, 0.29) is 6.04 Å². The standard InChI is InChI=1S/C23H25NO3/c1-16-4-6-17(7-5-16)15-27-19-10-8-18(9-11-19)23(24)21-13-12-20(25-2)14-22(21)26-3/h4-14,23H,15,24H2,1-3H3. The number of rotatable bonds is 7. The van der Waals surface area contributed by atoms with Crippen molar-refractivity contribution in [2.45, 2.75) is 19.6 Å². The first kappa shape index (κ1) is 18.8. The van der Waals surface area contributed by atoms with Crippen LogP contribution >= 0.6 is 0 Å². The Kier molecular flexibility index (Phi) is 5.99. The van der Waals surface area contributed by atoms with Gasteiger partial charge in [-0.25, -0.2) is 0 Å². The predicted molar refractivity (Wildman–Crippen MR) is 108 cm³/mol. The summed E-state index contributed by atoms with van der Waals surface area (Å²) in [5.74, 6) is 2.26. The van der Waals surface area contributed by atoms with E-state index in [0.717, 1.165) is 28.2 Å². The Bertz CT molecular complexity index is 873. The number of hydrogen-bond donors (Lipinski definition) is 1. The molecule has 0 heterocycles. The van der Waals surface area contributed by atoms with Gasteiger partial charge in [0.15, 0.2) is 0 Å². The zero-order valence-corrected chi connectivity index (χ0v) is 15.9. The minimum absolute atomic E-state index is 0.294. The van der Waals surface area contributed by atoms with Gasteiger partial charge in [-0.3, -0.25) is 0 Å². The number of aryl methyl sites for hydroxylation is 1. The highest BCUT2D eigenvalue weighted by Crippen LogP contribution is 2.32. The van der Waals surface area contributed by atoms with Crippen LogP contribution in [0.3, 0.4) is 0 Å². The van der Waals surface area contributed by atoms with Crippen molar-refractivity contribution < 1.29 is 14.2 Å². The molecule has 0 aliphatic rings. The van der Waals surface area contributed by atoms with E-state index in [9.17, 15) is 0 Å². The predicted octanol–water partition coefficient (Wildman–Crippen LogP) is 4.64. The first-order valence-electron chi connectivity index (χ1n) is 8.86. The Morgan fingerprint density at radius 1 is 0.815 bits per heavy atom. The van der Waals surface area contributed by atoms with Gasteiger partial charge in [0.2, 0.25) is 0 Å². The van der Waals surface area contributed by atoms with Crippen molar-refractivity contribution in [3.05, 3.63) is 89.0 Å². The zero-order valence-electron chi connectivity index (χ0n) is 15.9. The van der Waals surface area contributed by atoms with Crippen LogP contribution in [-0.4, -0.2) is 14.2 Å². The summed E-state index contributed by atoms with van der Waals surface area (Å²) in [7, 11) is 3.26. The molecule has 0 radical (unpaired) electrons. The highest BCUT2D eigenvalue weighted by molar-refractivity contribution is 5.46. The van der Waals surface area contributed by atoms with Crippen molar-refractivity contribution in [3.63, 3.8) is 0 Å². The fourth-order valence-corrected chi connectivity index (χ4v) is 2.88. The second-order valence-corrected chi connectivity index (χ2v) is 6.43. The molecule has 0 aromatic heterocycles. The Balaban J connectivity index is 1.70. The molecule has 0 aliphatic carbocycles. The average Bonchev–Trinajstić information content (AvgIpc) is 2.72. The molecule has 0 fully saturated rings. The van der Waals surface area contributed by atoms with Gasteiger partial charge in [0.25, 0.3) is 0 Å². The van der Waals surface area contributed by atoms with Gasteiger partial charge in [0, 0.05) is 11.6 Å². The van der Waals surface area contributed by atoms with E-state index in [4.69, 9.17) is 19.9 Å². The Labute approximate surface area is 160 Å². The number of ether oxygens (including phenoxy) is 3. The number of methoxy groups -OCH3 is 2. The molecular weight excluding hydrogens is 338 g/mol. The van der Waals surface area contributed by atoms with Crippen molar-refractivity contribution in [3.8, 4) is 17.2 Å². The van der Waals surface area contributed by atoms with Gasteiger partial charge in [-0.05, 0) is 42.3 Å². The molecule has 0 spiro atoms. The van der Waals surface area contributed by atoms with Crippen molar-refractivity contribution in [2.24, 2.45) is 5.73 Å². The fourth-order valence-electron chi connectivity index (χ4n) is 2.88. The van der Waals surface area contributed by atoms with E-state index >= 15 is 0 Å². The maximum absolute atomic E-state index is 6.45. The molecule has 27 heavy (non-hydrogen) atoms. The van der Waals surface area contributed by atoms with E-state index in [2.05, 4.69) is 31.2 Å². The number of nitrogens with two attached hydrogens (primary N) is 1. The lowest BCUT2D eigenvalue weighted by Crippen LogP contribution is -2.13. The van der Waals surface area contributed by atoms with E-state index < -0.39 is 0 Å². The second kappa shape index (κ2) is 8.60. The lowest BCUT2D eigenvalue weighted by atomic mass is 9.98. The number of hydrogen-bond acceptors (Lipinski definition) is 4. The number of benzene rings is 3. The fraction of sp³-hybridized carbons (Fsp3) is 0.217. The smallest absolute Gasteiger partial charge is 0.127 e. The van der Waals surface area contributed by atoms with Crippen LogP contribution in [0.4, 0.5) is 0 Å². The summed E-state index contributed by atoms with van der Waals surface area (Å²) in [6, 6.07) is 21.6. The summed E-state index contributed by atoms with van der Waals surface area (Å²) in [5.41, 5.74) is 10.7. The van der Waals surface area contributed by atoms with Crippen LogP contribution in [0.2, 0.25) is 0 Å². The van der Waals surface area contributed by atoms with Crippen molar-refractivity contribution >= 4 is 0 Å². The summed E-state index contributed by atoms with van der Waals surface area (Å²) < 4.78 is 16.6. The van der Waals surface area contributed by atoms with Crippen LogP contribution in [0.25, 0.3) is 0 Å². The maximum Gasteiger partial charge on any atom is 0.127 e. The van der Waals surface area contributed by atoms with Crippen molar-refractivity contribution in [1.82, 2.24) is 0 Å². The second-order valence-electron chi connectivity index (χ2n) is 6.43. The minimum atomic E-state index is -0.294. The van der Waals surface area contributed by atoms with E-state index in [0.29, 0.717) is 12.4 Å². The molecule has 3 rings (SSSR count). The summed E-state index contributed by atoms with van der Waals surface area (Å²) in [4.78, 5) is 0. The van der Waals surface area contributed by atoms with Gasteiger partial charge in [-0.1, -0.05) is 42.0 Å². The molecule has 3 aromatic rings. The van der Waals surface area contributed by atoms with Crippen LogP contribution in [0, 0.1) is 6.92 Å². The topological polar surface area (TPSA) is 53.7 Å². The molecule has 1 atom stereocenters. The molecule has 0 saturated heterocycles. The molecule has 3 aromatic carbocycles. The largest absolute Gasteiger partial charge is 0.497 e. The third kappa shape index (κ3) is 4.60. The lowest BCUT2D eigenvalue weighted by Gasteiger charge is -2.17. The molecule has 0 bridgehead atoms.